The molecule has 0 aliphatic heterocycles. The largest absolute Gasteiger partial charge is 0.360 e. The van der Waals surface area contributed by atoms with Gasteiger partial charge in [-0.15, -0.1) is 0 Å². The van der Waals surface area contributed by atoms with E-state index in [0.717, 1.165) is 6.42 Å². The number of nitrogens with zero attached hydrogens (tertiary/aromatic N) is 2. The average molecular weight is 224 g/mol. The maximum Gasteiger partial charge on any atom is 0.239 e. The molecule has 0 aliphatic rings. The Morgan fingerprint density at radius 2 is 2.19 bits per heavy atom. The van der Waals surface area contributed by atoms with Crippen molar-refractivity contribution in [3.63, 3.8) is 0 Å². The van der Waals surface area contributed by atoms with Gasteiger partial charge in [-0.05, 0) is 6.42 Å². The Morgan fingerprint density at radius 3 is 2.88 bits per heavy atom. The standard InChI is InChI=1S/C9H16N6O/c1-2-3-12-9(16)6-13-7-4-11-5-8(14-7)15-10/h4-5H,2-3,6,10H2,1H3,(H,12,16)(H2,13,14,15). The molecule has 7 nitrogen and oxygen atoms in total. The van der Waals surface area contributed by atoms with E-state index in [9.17, 15) is 4.79 Å². The van der Waals surface area contributed by atoms with Crippen molar-refractivity contribution in [2.45, 2.75) is 13.3 Å². The molecule has 0 fully saturated rings. The monoisotopic (exact) mass is 224 g/mol. The van der Waals surface area contributed by atoms with Crippen LogP contribution in [0.3, 0.4) is 0 Å². The first kappa shape index (κ1) is 12.2. The van der Waals surface area contributed by atoms with Gasteiger partial charge in [-0.25, -0.2) is 10.8 Å². The van der Waals surface area contributed by atoms with Gasteiger partial charge in [-0.3, -0.25) is 9.78 Å². The van der Waals surface area contributed by atoms with Crippen LogP contribution >= 0.6 is 0 Å². The number of hydrogen-bond acceptors (Lipinski definition) is 6. The number of aromatic nitrogens is 2. The molecule has 0 radical (unpaired) electrons. The van der Waals surface area contributed by atoms with E-state index in [0.29, 0.717) is 18.2 Å². The van der Waals surface area contributed by atoms with Crippen molar-refractivity contribution in [2.24, 2.45) is 5.84 Å². The summed E-state index contributed by atoms with van der Waals surface area (Å²) in [4.78, 5) is 19.2. The van der Waals surface area contributed by atoms with Crippen LogP contribution in [0.2, 0.25) is 0 Å². The van der Waals surface area contributed by atoms with E-state index >= 15 is 0 Å². The Kier molecular flexibility index (Phi) is 5.00. The Balaban J connectivity index is 2.38. The van der Waals surface area contributed by atoms with E-state index in [1.165, 1.54) is 12.4 Å². The van der Waals surface area contributed by atoms with Crippen LogP contribution in [0.1, 0.15) is 13.3 Å². The summed E-state index contributed by atoms with van der Waals surface area (Å²) in [6.45, 7) is 2.84. The van der Waals surface area contributed by atoms with Gasteiger partial charge in [0, 0.05) is 6.54 Å². The lowest BCUT2D eigenvalue weighted by molar-refractivity contribution is -0.119. The van der Waals surface area contributed by atoms with Crippen molar-refractivity contribution in [3.05, 3.63) is 12.4 Å². The number of nitrogens with two attached hydrogens (primary N) is 1. The predicted octanol–water partition coefficient (Wildman–Crippen LogP) is -0.300. The summed E-state index contributed by atoms with van der Waals surface area (Å²) >= 11 is 0. The van der Waals surface area contributed by atoms with Crippen LogP contribution in [0, 0.1) is 0 Å². The molecule has 1 amide bonds. The van der Waals surface area contributed by atoms with Gasteiger partial charge in [-0.2, -0.15) is 0 Å². The predicted molar refractivity (Wildman–Crippen MR) is 61.6 cm³/mol. The van der Waals surface area contributed by atoms with Crippen LogP contribution in [0.15, 0.2) is 12.4 Å². The topological polar surface area (TPSA) is 105 Å². The fraction of sp³-hybridized carbons (Fsp3) is 0.444. The van der Waals surface area contributed by atoms with Crippen molar-refractivity contribution in [1.82, 2.24) is 15.3 Å². The van der Waals surface area contributed by atoms with Crippen molar-refractivity contribution < 1.29 is 4.79 Å². The Bertz CT molecular complexity index is 343. The molecule has 1 heterocycles. The van der Waals surface area contributed by atoms with Crippen LogP contribution in [0.25, 0.3) is 0 Å². The first-order valence-corrected chi connectivity index (χ1v) is 5.05. The lowest BCUT2D eigenvalue weighted by Gasteiger charge is -2.06. The number of nitrogens with one attached hydrogen (secondary N) is 3. The molecule has 0 bridgehead atoms. The van der Waals surface area contributed by atoms with Crippen LogP contribution in [-0.4, -0.2) is 29.0 Å². The highest BCUT2D eigenvalue weighted by Gasteiger charge is 2.01. The highest BCUT2D eigenvalue weighted by molar-refractivity contribution is 5.80. The van der Waals surface area contributed by atoms with Gasteiger partial charge in [0.2, 0.25) is 5.91 Å². The van der Waals surface area contributed by atoms with Crippen LogP contribution in [-0.2, 0) is 4.79 Å². The summed E-state index contributed by atoms with van der Waals surface area (Å²) in [5, 5.41) is 5.59. The maximum atomic E-state index is 11.3. The fourth-order valence-electron chi connectivity index (χ4n) is 1.02. The molecule has 0 saturated carbocycles. The van der Waals surface area contributed by atoms with E-state index in [4.69, 9.17) is 5.84 Å². The average Bonchev–Trinajstić information content (AvgIpc) is 2.34. The molecule has 0 aromatic carbocycles. The molecule has 88 valence electrons. The van der Waals surface area contributed by atoms with Gasteiger partial charge in [0.05, 0.1) is 18.9 Å². The van der Waals surface area contributed by atoms with Crippen molar-refractivity contribution >= 4 is 17.5 Å². The van der Waals surface area contributed by atoms with E-state index in [1.807, 2.05) is 6.92 Å². The number of hydrazine groups is 1. The summed E-state index contributed by atoms with van der Waals surface area (Å²) < 4.78 is 0. The molecule has 5 N–H and O–H groups in total. The van der Waals surface area contributed by atoms with Crippen molar-refractivity contribution in [2.75, 3.05) is 23.8 Å². The summed E-state index contributed by atoms with van der Waals surface area (Å²) in [6.07, 6.45) is 3.92. The highest BCUT2D eigenvalue weighted by Crippen LogP contribution is 2.03. The molecule has 0 spiro atoms. The molecule has 7 heteroatoms. The SMILES string of the molecule is CCCNC(=O)CNc1cncc(NN)n1. The number of anilines is 2. The van der Waals surface area contributed by atoms with Gasteiger partial charge in [0.25, 0.3) is 0 Å². The van der Waals surface area contributed by atoms with Crippen LogP contribution in [0.4, 0.5) is 11.6 Å². The summed E-state index contributed by atoms with van der Waals surface area (Å²) in [5.74, 6) is 6.05. The minimum Gasteiger partial charge on any atom is -0.360 e. The smallest absolute Gasteiger partial charge is 0.239 e. The second-order valence-electron chi connectivity index (χ2n) is 3.14. The maximum absolute atomic E-state index is 11.3. The zero-order valence-electron chi connectivity index (χ0n) is 9.16. The van der Waals surface area contributed by atoms with E-state index in [1.54, 1.807) is 0 Å². The lowest BCUT2D eigenvalue weighted by atomic mass is 10.4. The summed E-state index contributed by atoms with van der Waals surface area (Å²) in [7, 11) is 0. The molecular formula is C9H16N6O. The number of carbonyl (C=O) groups excluding carboxylic acids is 1. The Hall–Kier alpha value is -1.89. The van der Waals surface area contributed by atoms with Gasteiger partial charge in [0.15, 0.2) is 5.82 Å². The third kappa shape index (κ3) is 4.09. The minimum absolute atomic E-state index is 0.0743. The van der Waals surface area contributed by atoms with Gasteiger partial charge in [0.1, 0.15) is 5.82 Å². The third-order valence-electron chi connectivity index (χ3n) is 1.78. The molecule has 16 heavy (non-hydrogen) atoms. The molecule has 0 saturated heterocycles. The lowest BCUT2D eigenvalue weighted by Crippen LogP contribution is -2.30. The highest BCUT2D eigenvalue weighted by atomic mass is 16.1. The quantitative estimate of drug-likeness (QED) is 0.390. The number of carbonyl (C=O) groups is 1. The molecule has 0 unspecified atom stereocenters. The van der Waals surface area contributed by atoms with Crippen LogP contribution in [0.5, 0.6) is 0 Å². The fourth-order valence-corrected chi connectivity index (χ4v) is 1.02. The van der Waals surface area contributed by atoms with Crippen molar-refractivity contribution in [3.8, 4) is 0 Å². The Labute approximate surface area is 93.8 Å². The Morgan fingerprint density at radius 1 is 1.44 bits per heavy atom. The third-order valence-corrected chi connectivity index (χ3v) is 1.78. The zero-order chi connectivity index (χ0) is 11.8. The number of amides is 1. The van der Waals surface area contributed by atoms with E-state index in [2.05, 4.69) is 26.0 Å². The number of rotatable bonds is 6. The van der Waals surface area contributed by atoms with Gasteiger partial charge < -0.3 is 16.1 Å². The molecule has 0 atom stereocenters. The van der Waals surface area contributed by atoms with Gasteiger partial charge >= 0.3 is 0 Å². The minimum atomic E-state index is -0.0743. The summed E-state index contributed by atoms with van der Waals surface area (Å²) in [6, 6.07) is 0. The van der Waals surface area contributed by atoms with Crippen LogP contribution < -0.4 is 21.9 Å². The molecule has 1 aromatic rings. The molecule has 1 rings (SSSR count). The normalized spacial score (nSPS) is 9.62. The number of nitrogen functional groups attached to an aromatic ring is 1. The second kappa shape index (κ2) is 6.57. The molecular weight excluding hydrogens is 208 g/mol. The first-order chi connectivity index (χ1) is 7.76. The number of hydrogen-bond donors (Lipinski definition) is 4. The van der Waals surface area contributed by atoms with Crippen molar-refractivity contribution in [1.29, 1.82) is 0 Å². The summed E-state index contributed by atoms with van der Waals surface area (Å²) in [5.41, 5.74) is 2.38. The zero-order valence-corrected chi connectivity index (χ0v) is 9.16. The molecule has 0 aliphatic carbocycles. The van der Waals surface area contributed by atoms with E-state index in [-0.39, 0.29) is 12.5 Å². The first-order valence-electron chi connectivity index (χ1n) is 5.05. The molecule has 1 aromatic heterocycles. The van der Waals surface area contributed by atoms with Gasteiger partial charge in [-0.1, -0.05) is 6.92 Å². The van der Waals surface area contributed by atoms with E-state index < -0.39 is 0 Å². The second-order valence-corrected chi connectivity index (χ2v) is 3.14.